The second-order valence-electron chi connectivity index (χ2n) is 6.32. The van der Waals surface area contributed by atoms with E-state index in [-0.39, 0.29) is 24.5 Å². The number of nitrogens with one attached hydrogen (secondary N) is 1. The number of carbonyl (C=O) groups is 1. The number of nitrogens with zero attached hydrogens (tertiary/aromatic N) is 3. The first-order valence-corrected chi connectivity index (χ1v) is 9.02. The average Bonchev–Trinajstić information content (AvgIpc) is 2.75. The first-order chi connectivity index (χ1) is 14.0. The average molecular weight is 398 g/mol. The van der Waals surface area contributed by atoms with E-state index in [1.165, 1.54) is 17.9 Å². The molecule has 0 saturated carbocycles. The SMILES string of the molecule is COCCNC(=O)Cn1c(=O)n(Cc2ccc(OC)cc2)c(=O)c2ncccc21. The molecular formula is C20H22N4O5. The third kappa shape index (κ3) is 4.52. The maximum Gasteiger partial charge on any atom is 0.332 e. The minimum Gasteiger partial charge on any atom is -0.497 e. The van der Waals surface area contributed by atoms with Crippen molar-refractivity contribution in [3.63, 3.8) is 0 Å². The van der Waals surface area contributed by atoms with E-state index in [1.54, 1.807) is 43.5 Å². The van der Waals surface area contributed by atoms with E-state index in [4.69, 9.17) is 9.47 Å². The largest absolute Gasteiger partial charge is 0.497 e. The molecule has 0 aliphatic heterocycles. The number of methoxy groups -OCH3 is 2. The monoisotopic (exact) mass is 398 g/mol. The molecule has 0 aliphatic rings. The summed E-state index contributed by atoms with van der Waals surface area (Å²) in [4.78, 5) is 42.3. The Hall–Kier alpha value is -3.46. The van der Waals surface area contributed by atoms with Crippen molar-refractivity contribution in [1.82, 2.24) is 19.4 Å². The molecule has 9 heteroatoms. The Morgan fingerprint density at radius 3 is 2.55 bits per heavy atom. The van der Waals surface area contributed by atoms with Crippen LogP contribution in [0.15, 0.2) is 52.2 Å². The number of benzene rings is 1. The van der Waals surface area contributed by atoms with Gasteiger partial charge >= 0.3 is 5.69 Å². The van der Waals surface area contributed by atoms with Crippen molar-refractivity contribution in [3.05, 3.63) is 69.0 Å². The van der Waals surface area contributed by atoms with Crippen LogP contribution in [0.5, 0.6) is 5.75 Å². The molecular weight excluding hydrogens is 376 g/mol. The predicted octanol–water partition coefficient (Wildman–Crippen LogP) is 0.378. The summed E-state index contributed by atoms with van der Waals surface area (Å²) in [7, 11) is 3.09. The lowest BCUT2D eigenvalue weighted by Gasteiger charge is -2.14. The topological polar surface area (TPSA) is 104 Å². The molecule has 29 heavy (non-hydrogen) atoms. The summed E-state index contributed by atoms with van der Waals surface area (Å²) in [6, 6.07) is 10.3. The van der Waals surface area contributed by atoms with Gasteiger partial charge in [0.15, 0.2) is 5.52 Å². The maximum absolute atomic E-state index is 13.1. The van der Waals surface area contributed by atoms with Gasteiger partial charge in [-0.2, -0.15) is 0 Å². The normalized spacial score (nSPS) is 10.8. The third-order valence-corrected chi connectivity index (χ3v) is 4.42. The van der Waals surface area contributed by atoms with Gasteiger partial charge in [0.1, 0.15) is 12.3 Å². The lowest BCUT2D eigenvalue weighted by atomic mass is 10.2. The zero-order valence-corrected chi connectivity index (χ0v) is 16.3. The van der Waals surface area contributed by atoms with Gasteiger partial charge in [-0.05, 0) is 29.8 Å². The number of rotatable bonds is 8. The van der Waals surface area contributed by atoms with Crippen LogP contribution in [0.3, 0.4) is 0 Å². The van der Waals surface area contributed by atoms with Crippen molar-refractivity contribution in [1.29, 1.82) is 0 Å². The summed E-state index contributed by atoms with van der Waals surface area (Å²) in [6.45, 7) is 0.513. The fraction of sp³-hybridized carbons (Fsp3) is 0.300. The molecule has 3 aromatic rings. The molecule has 0 aliphatic carbocycles. The van der Waals surface area contributed by atoms with Crippen molar-refractivity contribution >= 4 is 16.9 Å². The number of hydrogen-bond acceptors (Lipinski definition) is 6. The molecule has 0 radical (unpaired) electrons. The molecule has 152 valence electrons. The minimum absolute atomic E-state index is 0.0550. The van der Waals surface area contributed by atoms with Crippen LogP contribution in [0.2, 0.25) is 0 Å². The molecule has 0 bridgehead atoms. The Balaban J connectivity index is 2.02. The smallest absolute Gasteiger partial charge is 0.332 e. The number of ether oxygens (including phenoxy) is 2. The number of pyridine rings is 1. The first-order valence-electron chi connectivity index (χ1n) is 9.02. The van der Waals surface area contributed by atoms with Crippen LogP contribution < -0.4 is 21.3 Å². The molecule has 1 amide bonds. The fourth-order valence-corrected chi connectivity index (χ4v) is 2.94. The van der Waals surface area contributed by atoms with Crippen LogP contribution >= 0.6 is 0 Å². The Morgan fingerprint density at radius 2 is 1.86 bits per heavy atom. The van der Waals surface area contributed by atoms with Gasteiger partial charge in [0.2, 0.25) is 5.91 Å². The van der Waals surface area contributed by atoms with Crippen LogP contribution in [-0.2, 0) is 22.6 Å². The Kier molecular flexibility index (Phi) is 6.40. The summed E-state index contributed by atoms with van der Waals surface area (Å²) in [5, 5.41) is 2.68. The van der Waals surface area contributed by atoms with Gasteiger partial charge in [-0.15, -0.1) is 0 Å². The van der Waals surface area contributed by atoms with E-state index < -0.39 is 11.2 Å². The van der Waals surface area contributed by atoms with Crippen molar-refractivity contribution in [2.75, 3.05) is 27.4 Å². The van der Waals surface area contributed by atoms with Gasteiger partial charge in [0.05, 0.1) is 25.8 Å². The predicted molar refractivity (Wildman–Crippen MR) is 107 cm³/mol. The molecule has 2 aromatic heterocycles. The zero-order valence-electron chi connectivity index (χ0n) is 16.3. The lowest BCUT2D eigenvalue weighted by molar-refractivity contribution is -0.121. The Morgan fingerprint density at radius 1 is 1.10 bits per heavy atom. The third-order valence-electron chi connectivity index (χ3n) is 4.42. The molecule has 0 spiro atoms. The van der Waals surface area contributed by atoms with Crippen molar-refractivity contribution in [3.8, 4) is 5.75 Å². The number of amides is 1. The molecule has 0 saturated heterocycles. The van der Waals surface area contributed by atoms with Crippen LogP contribution in [0.1, 0.15) is 5.56 Å². The van der Waals surface area contributed by atoms with Gasteiger partial charge in [-0.3, -0.25) is 18.7 Å². The molecule has 3 rings (SSSR count). The van der Waals surface area contributed by atoms with E-state index >= 15 is 0 Å². The molecule has 0 unspecified atom stereocenters. The summed E-state index contributed by atoms with van der Waals surface area (Å²) >= 11 is 0. The van der Waals surface area contributed by atoms with E-state index in [0.717, 1.165) is 10.1 Å². The van der Waals surface area contributed by atoms with E-state index in [1.807, 2.05) is 0 Å². The molecule has 2 heterocycles. The van der Waals surface area contributed by atoms with E-state index in [9.17, 15) is 14.4 Å². The van der Waals surface area contributed by atoms with Crippen LogP contribution in [-0.4, -0.2) is 47.4 Å². The van der Waals surface area contributed by atoms with Crippen molar-refractivity contribution in [2.45, 2.75) is 13.1 Å². The summed E-state index contributed by atoms with van der Waals surface area (Å²) in [5.41, 5.74) is 0.114. The highest BCUT2D eigenvalue weighted by atomic mass is 16.5. The lowest BCUT2D eigenvalue weighted by Crippen LogP contribution is -2.43. The standard InChI is InChI=1S/C20H22N4O5/c1-28-11-10-21-17(25)13-23-16-4-3-9-22-18(16)19(26)24(20(23)27)12-14-5-7-15(29-2)8-6-14/h3-9H,10-13H2,1-2H3,(H,21,25). The second-order valence-corrected chi connectivity index (χ2v) is 6.32. The van der Waals surface area contributed by atoms with Crippen molar-refractivity contribution in [2.24, 2.45) is 0 Å². The minimum atomic E-state index is -0.576. The summed E-state index contributed by atoms with van der Waals surface area (Å²) in [5.74, 6) is 0.315. The molecule has 9 nitrogen and oxygen atoms in total. The highest BCUT2D eigenvalue weighted by Crippen LogP contribution is 2.12. The van der Waals surface area contributed by atoms with Gasteiger partial charge in [-0.1, -0.05) is 12.1 Å². The highest BCUT2D eigenvalue weighted by molar-refractivity contribution is 5.79. The highest BCUT2D eigenvalue weighted by Gasteiger charge is 2.16. The maximum atomic E-state index is 13.1. The summed E-state index contributed by atoms with van der Waals surface area (Å²) < 4.78 is 12.4. The number of carbonyl (C=O) groups excluding carboxylic acids is 1. The zero-order chi connectivity index (χ0) is 20.8. The number of fused-ring (bicyclic) bond motifs is 1. The number of hydrogen-bond donors (Lipinski definition) is 1. The molecule has 0 atom stereocenters. The van der Waals surface area contributed by atoms with Gasteiger partial charge < -0.3 is 14.8 Å². The van der Waals surface area contributed by atoms with Gasteiger partial charge in [-0.25, -0.2) is 9.78 Å². The van der Waals surface area contributed by atoms with E-state index in [0.29, 0.717) is 24.4 Å². The molecule has 1 aromatic carbocycles. The molecule has 0 fully saturated rings. The quantitative estimate of drug-likeness (QED) is 0.550. The second kappa shape index (κ2) is 9.16. The van der Waals surface area contributed by atoms with E-state index in [2.05, 4.69) is 10.3 Å². The van der Waals surface area contributed by atoms with Gasteiger partial charge in [0.25, 0.3) is 5.56 Å². The van der Waals surface area contributed by atoms with Gasteiger partial charge in [0, 0.05) is 19.9 Å². The number of aromatic nitrogens is 3. The summed E-state index contributed by atoms with van der Waals surface area (Å²) in [6.07, 6.45) is 1.48. The Bertz CT molecular complexity index is 1120. The first kappa shape index (κ1) is 20.3. The van der Waals surface area contributed by atoms with Crippen LogP contribution in [0, 0.1) is 0 Å². The van der Waals surface area contributed by atoms with Crippen LogP contribution in [0.4, 0.5) is 0 Å². The molecule has 1 N–H and O–H groups in total. The fourth-order valence-electron chi connectivity index (χ4n) is 2.94. The van der Waals surface area contributed by atoms with Crippen molar-refractivity contribution < 1.29 is 14.3 Å². The Labute approximate surface area is 166 Å². The van der Waals surface area contributed by atoms with Crippen LogP contribution in [0.25, 0.3) is 11.0 Å².